The van der Waals surface area contributed by atoms with Crippen LogP contribution in [-0.4, -0.2) is 65.1 Å². The van der Waals surface area contributed by atoms with Crippen LogP contribution in [0.2, 0.25) is 0 Å². The number of carbonyl (C=O) groups is 1. The summed E-state index contributed by atoms with van der Waals surface area (Å²) in [7, 11) is 1.71. The predicted octanol–water partition coefficient (Wildman–Crippen LogP) is 1.34. The zero-order valence-corrected chi connectivity index (χ0v) is 15.6. The Bertz CT molecular complexity index is 857. The van der Waals surface area contributed by atoms with Crippen molar-refractivity contribution in [1.82, 2.24) is 20.2 Å². The maximum absolute atomic E-state index is 12.5. The van der Waals surface area contributed by atoms with Gasteiger partial charge in [-0.2, -0.15) is 0 Å². The van der Waals surface area contributed by atoms with Crippen LogP contribution in [0, 0.1) is 5.41 Å². The number of methoxy groups -OCH3 is 1. The molecule has 0 atom stereocenters. The van der Waals surface area contributed by atoms with Crippen molar-refractivity contribution in [3.05, 3.63) is 18.5 Å². The Balaban J connectivity index is 1.17. The molecule has 2 aromatic heterocycles. The van der Waals surface area contributed by atoms with Crippen molar-refractivity contribution in [2.45, 2.75) is 24.9 Å². The molecular formula is C18H22N6O4. The number of H-pyrrole nitrogens is 1. The summed E-state index contributed by atoms with van der Waals surface area (Å²) in [5.41, 5.74) is -0.349. The smallest absolute Gasteiger partial charge is 0.240 e. The summed E-state index contributed by atoms with van der Waals surface area (Å²) < 4.78 is 16.4. The van der Waals surface area contributed by atoms with Gasteiger partial charge in [0.1, 0.15) is 5.82 Å². The highest BCUT2D eigenvalue weighted by Crippen LogP contribution is 2.69. The summed E-state index contributed by atoms with van der Waals surface area (Å²) in [6.45, 7) is 2.90. The van der Waals surface area contributed by atoms with Gasteiger partial charge in [-0.3, -0.25) is 9.89 Å². The molecule has 1 amide bonds. The Kier molecular flexibility index (Phi) is 3.98. The molecule has 0 spiro atoms. The van der Waals surface area contributed by atoms with E-state index in [1.807, 2.05) is 0 Å². The molecule has 4 aliphatic rings. The van der Waals surface area contributed by atoms with Gasteiger partial charge < -0.3 is 24.4 Å². The average molecular weight is 386 g/mol. The first kappa shape index (κ1) is 17.4. The molecule has 10 nitrogen and oxygen atoms in total. The van der Waals surface area contributed by atoms with E-state index in [1.165, 1.54) is 0 Å². The summed E-state index contributed by atoms with van der Waals surface area (Å²) in [4.78, 5) is 23.2. The van der Waals surface area contributed by atoms with E-state index >= 15 is 0 Å². The molecule has 3 aliphatic carbocycles. The topological polar surface area (TPSA) is 114 Å². The van der Waals surface area contributed by atoms with Gasteiger partial charge in [0.15, 0.2) is 5.75 Å². The lowest BCUT2D eigenvalue weighted by molar-refractivity contribution is -0.260. The second-order valence-electron chi connectivity index (χ2n) is 7.69. The number of nitrogens with one attached hydrogen (secondary N) is 2. The van der Waals surface area contributed by atoms with E-state index in [1.54, 1.807) is 25.6 Å². The molecule has 1 aliphatic heterocycles. The fourth-order valence-electron chi connectivity index (χ4n) is 4.24. The van der Waals surface area contributed by atoms with Crippen molar-refractivity contribution in [3.8, 4) is 11.6 Å². The third-order valence-corrected chi connectivity index (χ3v) is 5.83. The Morgan fingerprint density at radius 2 is 1.96 bits per heavy atom. The summed E-state index contributed by atoms with van der Waals surface area (Å²) in [5, 5.41) is 9.74. The van der Waals surface area contributed by atoms with Crippen LogP contribution in [0.1, 0.15) is 19.3 Å². The number of ether oxygens (including phenoxy) is 3. The number of aromatic amines is 1. The van der Waals surface area contributed by atoms with Crippen molar-refractivity contribution >= 4 is 17.7 Å². The van der Waals surface area contributed by atoms with Crippen LogP contribution in [0.15, 0.2) is 18.5 Å². The zero-order valence-electron chi connectivity index (χ0n) is 15.6. The van der Waals surface area contributed by atoms with Gasteiger partial charge in [-0.05, 0) is 19.3 Å². The molecule has 3 heterocycles. The summed E-state index contributed by atoms with van der Waals surface area (Å²) in [5.74, 6) is 1.96. The SMILES string of the molecule is COC12CC(C(=O)Nc3cc(Oc4cnc(N5CCOCC5)nc4)n[nH]3)(C1)C2. The Labute approximate surface area is 161 Å². The Morgan fingerprint density at radius 1 is 1.25 bits per heavy atom. The number of aromatic nitrogens is 4. The molecule has 10 heteroatoms. The number of nitrogens with zero attached hydrogens (tertiary/aromatic N) is 4. The van der Waals surface area contributed by atoms with Crippen LogP contribution in [0.5, 0.6) is 11.6 Å². The van der Waals surface area contributed by atoms with Crippen molar-refractivity contribution in [2.24, 2.45) is 5.41 Å². The van der Waals surface area contributed by atoms with Crippen LogP contribution in [-0.2, 0) is 14.3 Å². The highest BCUT2D eigenvalue weighted by atomic mass is 16.5. The van der Waals surface area contributed by atoms with Gasteiger partial charge in [-0.25, -0.2) is 9.97 Å². The van der Waals surface area contributed by atoms with E-state index in [9.17, 15) is 4.79 Å². The van der Waals surface area contributed by atoms with E-state index in [0.717, 1.165) is 32.4 Å². The molecule has 1 saturated heterocycles. The van der Waals surface area contributed by atoms with Gasteiger partial charge in [-0.15, -0.1) is 5.10 Å². The van der Waals surface area contributed by atoms with E-state index < -0.39 is 0 Å². The molecule has 148 valence electrons. The minimum atomic E-state index is -0.286. The summed E-state index contributed by atoms with van der Waals surface area (Å²) in [6.07, 6.45) is 5.57. The highest BCUT2D eigenvalue weighted by molar-refractivity contribution is 5.97. The van der Waals surface area contributed by atoms with Crippen LogP contribution >= 0.6 is 0 Å². The minimum absolute atomic E-state index is 0.000164. The lowest BCUT2D eigenvalue weighted by atomic mass is 9.40. The lowest BCUT2D eigenvalue weighted by Gasteiger charge is -2.67. The average Bonchev–Trinajstić information content (AvgIpc) is 3.08. The first-order chi connectivity index (χ1) is 13.6. The maximum atomic E-state index is 12.5. The molecule has 4 fully saturated rings. The van der Waals surface area contributed by atoms with Gasteiger partial charge in [-0.1, -0.05) is 0 Å². The fraction of sp³-hybridized carbons (Fsp3) is 0.556. The first-order valence-electron chi connectivity index (χ1n) is 9.35. The molecule has 2 bridgehead atoms. The number of hydrogen-bond donors (Lipinski definition) is 2. The molecule has 2 aromatic rings. The summed E-state index contributed by atoms with van der Waals surface area (Å²) >= 11 is 0. The lowest BCUT2D eigenvalue weighted by Crippen LogP contribution is -2.72. The first-order valence-corrected chi connectivity index (χ1v) is 9.35. The molecule has 2 N–H and O–H groups in total. The molecule has 0 aromatic carbocycles. The van der Waals surface area contributed by atoms with Crippen molar-refractivity contribution < 1.29 is 19.0 Å². The third kappa shape index (κ3) is 2.89. The standard InChI is InChI=1S/C18H22N6O4/c1-26-18-9-17(10-18,11-18)15(25)21-13-6-14(23-22-13)28-12-7-19-16(20-8-12)24-2-4-27-5-3-24/h6-8H,2-5,9-11H2,1H3,(H2,21,22,23,25). The largest absolute Gasteiger partial charge is 0.434 e. The molecule has 3 saturated carbocycles. The van der Waals surface area contributed by atoms with Crippen LogP contribution in [0.3, 0.4) is 0 Å². The second-order valence-corrected chi connectivity index (χ2v) is 7.69. The van der Waals surface area contributed by atoms with E-state index in [0.29, 0.717) is 36.6 Å². The molecular weight excluding hydrogens is 364 g/mol. The van der Waals surface area contributed by atoms with Gasteiger partial charge in [0.25, 0.3) is 0 Å². The fourth-order valence-corrected chi connectivity index (χ4v) is 4.24. The maximum Gasteiger partial charge on any atom is 0.240 e. The molecule has 0 unspecified atom stereocenters. The zero-order chi connectivity index (χ0) is 19.2. The molecule has 28 heavy (non-hydrogen) atoms. The van der Waals surface area contributed by atoms with E-state index in [2.05, 4.69) is 30.4 Å². The van der Waals surface area contributed by atoms with Gasteiger partial charge in [0, 0.05) is 26.3 Å². The quantitative estimate of drug-likeness (QED) is 0.764. The number of rotatable bonds is 6. The number of hydrogen-bond acceptors (Lipinski definition) is 8. The van der Waals surface area contributed by atoms with Crippen molar-refractivity contribution in [2.75, 3.05) is 43.6 Å². The highest BCUT2D eigenvalue weighted by Gasteiger charge is 2.72. The number of amides is 1. The van der Waals surface area contributed by atoms with Crippen molar-refractivity contribution in [3.63, 3.8) is 0 Å². The Hall–Kier alpha value is -2.72. The second kappa shape index (κ2) is 6.42. The number of anilines is 2. The normalized spacial score (nSPS) is 28.2. The van der Waals surface area contributed by atoms with Crippen molar-refractivity contribution in [1.29, 1.82) is 0 Å². The predicted molar refractivity (Wildman–Crippen MR) is 98.4 cm³/mol. The molecule has 6 rings (SSSR count). The number of morpholine rings is 1. The minimum Gasteiger partial charge on any atom is -0.434 e. The van der Waals surface area contributed by atoms with Crippen LogP contribution in [0.25, 0.3) is 0 Å². The monoisotopic (exact) mass is 386 g/mol. The van der Waals surface area contributed by atoms with Crippen LogP contribution < -0.4 is 15.0 Å². The van der Waals surface area contributed by atoms with Gasteiger partial charge >= 0.3 is 0 Å². The summed E-state index contributed by atoms with van der Waals surface area (Å²) in [6, 6.07) is 1.64. The van der Waals surface area contributed by atoms with Gasteiger partial charge in [0.2, 0.25) is 17.7 Å². The van der Waals surface area contributed by atoms with E-state index in [4.69, 9.17) is 14.2 Å². The Morgan fingerprint density at radius 3 is 2.64 bits per heavy atom. The van der Waals surface area contributed by atoms with Gasteiger partial charge in [0.05, 0.1) is 36.6 Å². The van der Waals surface area contributed by atoms with Crippen LogP contribution in [0.4, 0.5) is 11.8 Å². The van der Waals surface area contributed by atoms with E-state index in [-0.39, 0.29) is 16.9 Å². The molecule has 0 radical (unpaired) electrons. The number of carbonyl (C=O) groups excluding carboxylic acids is 1. The third-order valence-electron chi connectivity index (χ3n) is 5.83.